The SMILES string of the molecule is Cc1ccc2c3ccc(C)cc3n(-c3cc(-c4ccc(C(F)(F)F)cc4C#N)cc(-n4c5cc(C)ccc5c5ccc(C)cc54)c3C#N)c2c1. The van der Waals surface area contributed by atoms with E-state index in [2.05, 4.69) is 88.0 Å². The number of fused-ring (bicyclic) bond motifs is 6. The van der Waals surface area contributed by atoms with Crippen molar-refractivity contribution in [3.63, 3.8) is 0 Å². The van der Waals surface area contributed by atoms with Gasteiger partial charge in [-0.05, 0) is 110 Å². The van der Waals surface area contributed by atoms with Crippen molar-refractivity contribution in [2.24, 2.45) is 0 Å². The van der Waals surface area contributed by atoms with Gasteiger partial charge < -0.3 is 9.13 Å². The number of nitriles is 2. The Labute approximate surface area is 286 Å². The Hall–Kier alpha value is -6.31. The second-order valence-electron chi connectivity index (χ2n) is 13.1. The zero-order chi connectivity index (χ0) is 35.1. The van der Waals surface area contributed by atoms with E-state index in [1.54, 1.807) is 0 Å². The zero-order valence-electron chi connectivity index (χ0n) is 27.7. The van der Waals surface area contributed by atoms with E-state index >= 15 is 0 Å². The molecule has 4 nitrogen and oxygen atoms in total. The number of aryl methyl sites for hydroxylation is 4. The molecular weight excluding hydrogens is 629 g/mol. The maximum Gasteiger partial charge on any atom is 0.416 e. The van der Waals surface area contributed by atoms with Crippen molar-refractivity contribution in [1.29, 1.82) is 10.5 Å². The smallest absolute Gasteiger partial charge is 0.308 e. The summed E-state index contributed by atoms with van der Waals surface area (Å²) in [6.07, 6.45) is -4.61. The topological polar surface area (TPSA) is 57.4 Å². The molecule has 0 bridgehead atoms. The monoisotopic (exact) mass is 658 g/mol. The third-order valence-corrected chi connectivity index (χ3v) is 9.63. The minimum absolute atomic E-state index is 0.107. The molecule has 0 aliphatic heterocycles. The average molecular weight is 659 g/mol. The van der Waals surface area contributed by atoms with Crippen molar-refractivity contribution in [3.05, 3.63) is 142 Å². The summed E-state index contributed by atoms with van der Waals surface area (Å²) in [7, 11) is 0. The van der Waals surface area contributed by atoms with E-state index in [9.17, 15) is 23.7 Å². The Morgan fingerprint density at radius 1 is 0.500 bits per heavy atom. The Balaban J connectivity index is 1.58. The highest BCUT2D eigenvalue weighted by Gasteiger charge is 2.31. The molecule has 0 spiro atoms. The van der Waals surface area contributed by atoms with Crippen LogP contribution in [0, 0.1) is 50.4 Å². The Bertz CT molecular complexity index is 2550. The molecule has 0 radical (unpaired) electrons. The van der Waals surface area contributed by atoms with Crippen LogP contribution in [-0.2, 0) is 6.18 Å². The van der Waals surface area contributed by atoms with Gasteiger partial charge in [0.25, 0.3) is 0 Å². The van der Waals surface area contributed by atoms with Gasteiger partial charge >= 0.3 is 6.18 Å². The summed E-state index contributed by atoms with van der Waals surface area (Å²) in [5, 5.41) is 25.4. The van der Waals surface area contributed by atoms with Gasteiger partial charge in [-0.3, -0.25) is 0 Å². The van der Waals surface area contributed by atoms with E-state index in [0.29, 0.717) is 28.1 Å². The molecule has 2 aromatic heterocycles. The zero-order valence-corrected chi connectivity index (χ0v) is 27.7. The molecule has 242 valence electrons. The molecule has 8 rings (SSSR count). The molecular formula is C43H29F3N4. The van der Waals surface area contributed by atoms with Gasteiger partial charge in [-0.25, -0.2) is 0 Å². The highest BCUT2D eigenvalue weighted by atomic mass is 19.4. The lowest BCUT2D eigenvalue weighted by Gasteiger charge is -2.19. The van der Waals surface area contributed by atoms with Crippen LogP contribution in [0.3, 0.4) is 0 Å². The summed E-state index contributed by atoms with van der Waals surface area (Å²) in [5.74, 6) is 0. The molecule has 0 amide bonds. The van der Waals surface area contributed by atoms with Crippen LogP contribution in [0.4, 0.5) is 13.2 Å². The standard InChI is InChI=1S/C43H29F3N4/c1-24-5-10-32-33-11-6-25(2)16-38(33)49(37(32)15-24)41-20-28(31-14-9-30(43(44,45)46)19-29(31)22-47)21-42(36(41)23-48)50-39-17-26(3)7-12-34(39)35-13-8-27(4)18-40(35)50/h5-21H,1-4H3. The van der Waals surface area contributed by atoms with Gasteiger partial charge in [0.05, 0.1) is 50.6 Å². The minimum atomic E-state index is -4.61. The number of halogens is 3. The molecule has 50 heavy (non-hydrogen) atoms. The molecule has 0 atom stereocenters. The molecule has 0 unspecified atom stereocenters. The molecule has 0 saturated heterocycles. The van der Waals surface area contributed by atoms with Gasteiger partial charge in [0, 0.05) is 21.5 Å². The lowest BCUT2D eigenvalue weighted by Crippen LogP contribution is -2.07. The lowest BCUT2D eigenvalue weighted by molar-refractivity contribution is -0.137. The number of aromatic nitrogens is 2. The van der Waals surface area contributed by atoms with Crippen LogP contribution in [-0.4, -0.2) is 9.13 Å². The molecule has 2 heterocycles. The molecule has 8 aromatic rings. The van der Waals surface area contributed by atoms with Crippen LogP contribution in [0.25, 0.3) is 66.1 Å². The number of alkyl halides is 3. The quantitative estimate of drug-likeness (QED) is 0.190. The number of rotatable bonds is 3. The first-order valence-electron chi connectivity index (χ1n) is 16.2. The van der Waals surface area contributed by atoms with Gasteiger partial charge in [-0.1, -0.05) is 54.6 Å². The fourth-order valence-corrected chi connectivity index (χ4v) is 7.30. The van der Waals surface area contributed by atoms with Crippen molar-refractivity contribution in [2.45, 2.75) is 33.9 Å². The molecule has 0 saturated carbocycles. The van der Waals surface area contributed by atoms with Crippen molar-refractivity contribution < 1.29 is 13.2 Å². The summed E-state index contributed by atoms with van der Waals surface area (Å²) >= 11 is 0. The largest absolute Gasteiger partial charge is 0.416 e. The van der Waals surface area contributed by atoms with Gasteiger partial charge in [-0.2, -0.15) is 23.7 Å². The van der Waals surface area contributed by atoms with E-state index in [0.717, 1.165) is 78.0 Å². The number of hydrogen-bond donors (Lipinski definition) is 0. The van der Waals surface area contributed by atoms with Crippen LogP contribution in [0.1, 0.15) is 38.9 Å². The normalized spacial score (nSPS) is 11.9. The molecule has 7 heteroatoms. The third kappa shape index (κ3) is 4.74. The second-order valence-corrected chi connectivity index (χ2v) is 13.1. The summed E-state index contributed by atoms with van der Waals surface area (Å²) in [4.78, 5) is 0. The van der Waals surface area contributed by atoms with Gasteiger partial charge in [0.15, 0.2) is 0 Å². The van der Waals surface area contributed by atoms with Crippen LogP contribution >= 0.6 is 0 Å². The lowest BCUT2D eigenvalue weighted by atomic mass is 9.95. The van der Waals surface area contributed by atoms with E-state index in [-0.39, 0.29) is 5.56 Å². The van der Waals surface area contributed by atoms with Crippen molar-refractivity contribution >= 4 is 43.6 Å². The Morgan fingerprint density at radius 3 is 1.24 bits per heavy atom. The predicted octanol–water partition coefficient (Wildman–Crippen LogP) is 11.5. The summed E-state index contributed by atoms with van der Waals surface area (Å²) < 4.78 is 45.6. The highest BCUT2D eigenvalue weighted by Crippen LogP contribution is 2.42. The maximum absolute atomic E-state index is 13.8. The van der Waals surface area contributed by atoms with Crippen molar-refractivity contribution in [2.75, 3.05) is 0 Å². The molecule has 0 aliphatic carbocycles. The van der Waals surface area contributed by atoms with E-state index < -0.39 is 11.7 Å². The van der Waals surface area contributed by atoms with Crippen LogP contribution in [0.5, 0.6) is 0 Å². The van der Waals surface area contributed by atoms with E-state index in [1.165, 1.54) is 6.07 Å². The molecule has 0 aliphatic rings. The molecule has 6 aromatic carbocycles. The van der Waals surface area contributed by atoms with Gasteiger partial charge in [0.2, 0.25) is 0 Å². The first kappa shape index (κ1) is 31.0. The Kier molecular flexibility index (Phi) is 6.89. The summed E-state index contributed by atoms with van der Waals surface area (Å²) in [5.41, 5.74) is 9.11. The molecule has 0 fully saturated rings. The average Bonchev–Trinajstić information content (AvgIpc) is 3.57. The number of hydrogen-bond acceptors (Lipinski definition) is 2. The first-order valence-corrected chi connectivity index (χ1v) is 16.2. The minimum Gasteiger partial charge on any atom is -0.308 e. The second kappa shape index (κ2) is 11.1. The van der Waals surface area contributed by atoms with Crippen LogP contribution in [0.15, 0.2) is 103 Å². The Morgan fingerprint density at radius 2 is 0.900 bits per heavy atom. The van der Waals surface area contributed by atoms with Crippen LogP contribution in [0.2, 0.25) is 0 Å². The number of benzene rings is 6. The van der Waals surface area contributed by atoms with Gasteiger partial charge in [-0.15, -0.1) is 0 Å². The number of nitrogens with zero attached hydrogens (tertiary/aromatic N) is 4. The molecule has 0 N–H and O–H groups in total. The fraction of sp³-hybridized carbons (Fsp3) is 0.116. The third-order valence-electron chi connectivity index (χ3n) is 9.63. The maximum atomic E-state index is 13.8. The van der Waals surface area contributed by atoms with Crippen molar-refractivity contribution in [3.8, 4) is 34.6 Å². The fourth-order valence-electron chi connectivity index (χ4n) is 7.30. The van der Waals surface area contributed by atoms with E-state index in [1.807, 2.05) is 45.9 Å². The highest BCUT2D eigenvalue weighted by molar-refractivity contribution is 6.11. The predicted molar refractivity (Wildman–Crippen MR) is 194 cm³/mol. The summed E-state index contributed by atoms with van der Waals surface area (Å²) in [6.45, 7) is 8.07. The van der Waals surface area contributed by atoms with Crippen LogP contribution < -0.4 is 0 Å². The summed E-state index contributed by atoms with van der Waals surface area (Å²) in [6, 6.07) is 36.4. The first-order chi connectivity index (χ1) is 24.0. The van der Waals surface area contributed by atoms with Crippen molar-refractivity contribution in [1.82, 2.24) is 9.13 Å². The van der Waals surface area contributed by atoms with Gasteiger partial charge in [0.1, 0.15) is 11.6 Å². The van der Waals surface area contributed by atoms with E-state index in [4.69, 9.17) is 0 Å².